The summed E-state index contributed by atoms with van der Waals surface area (Å²) in [5, 5.41) is 6.37. The fourth-order valence-corrected chi connectivity index (χ4v) is 4.43. The van der Waals surface area contributed by atoms with E-state index >= 15 is 0 Å². The van der Waals surface area contributed by atoms with Crippen LogP contribution in [0, 0.1) is 5.82 Å². The maximum absolute atomic E-state index is 13.5. The van der Waals surface area contributed by atoms with E-state index in [0.29, 0.717) is 33.4 Å². The van der Waals surface area contributed by atoms with Crippen molar-refractivity contribution in [2.75, 3.05) is 7.05 Å². The maximum Gasteiger partial charge on any atom is 0.255 e. The summed E-state index contributed by atoms with van der Waals surface area (Å²) in [6, 6.07) is 22.4. The first-order valence-electron chi connectivity index (χ1n) is 12.1. The molecular weight excluding hydrogens is 481 g/mol. The standard InChI is InChI=1S/C31H26FN3O3/c1-31(2,23-8-5-15-34-18-23)35-29(36)22-7-4-6-20(16-22)21-11-14-26-25(17-21)27(30(37)33-3)28(38-26)19-9-12-24(32)13-10-19/h4-18H,1-3H3,(H,33,37)(H,35,36). The Morgan fingerprint density at radius 2 is 1.61 bits per heavy atom. The second-order valence-corrected chi connectivity index (χ2v) is 9.50. The fraction of sp³-hybridized carbons (Fsp3) is 0.129. The van der Waals surface area contributed by atoms with E-state index in [9.17, 15) is 14.0 Å². The summed E-state index contributed by atoms with van der Waals surface area (Å²) in [7, 11) is 1.55. The highest BCUT2D eigenvalue weighted by Crippen LogP contribution is 2.36. The van der Waals surface area contributed by atoms with Crippen molar-refractivity contribution in [2.24, 2.45) is 0 Å². The first-order chi connectivity index (χ1) is 18.3. The number of benzene rings is 3. The fourth-order valence-electron chi connectivity index (χ4n) is 4.43. The van der Waals surface area contributed by atoms with Crippen LogP contribution in [0.25, 0.3) is 33.4 Å². The number of amides is 2. The van der Waals surface area contributed by atoms with E-state index in [1.165, 1.54) is 12.1 Å². The zero-order chi connectivity index (χ0) is 26.9. The summed E-state index contributed by atoms with van der Waals surface area (Å²) in [4.78, 5) is 30.2. The molecule has 3 aromatic carbocycles. The molecular formula is C31H26FN3O3. The molecule has 38 heavy (non-hydrogen) atoms. The number of hydrogen-bond donors (Lipinski definition) is 2. The van der Waals surface area contributed by atoms with Gasteiger partial charge in [0.25, 0.3) is 11.8 Å². The Bertz CT molecular complexity index is 1640. The predicted molar refractivity (Wildman–Crippen MR) is 145 cm³/mol. The number of nitrogens with zero attached hydrogens (tertiary/aromatic N) is 1. The zero-order valence-corrected chi connectivity index (χ0v) is 21.2. The lowest BCUT2D eigenvalue weighted by molar-refractivity contribution is 0.0910. The Morgan fingerprint density at radius 3 is 2.32 bits per heavy atom. The molecule has 0 aliphatic rings. The molecule has 2 N–H and O–H groups in total. The van der Waals surface area contributed by atoms with Gasteiger partial charge in [-0.25, -0.2) is 4.39 Å². The lowest BCUT2D eigenvalue weighted by Crippen LogP contribution is -2.41. The van der Waals surface area contributed by atoms with Crippen molar-refractivity contribution in [3.63, 3.8) is 0 Å². The van der Waals surface area contributed by atoms with Crippen LogP contribution >= 0.6 is 0 Å². The van der Waals surface area contributed by atoms with Gasteiger partial charge in [0.15, 0.2) is 0 Å². The zero-order valence-electron chi connectivity index (χ0n) is 21.2. The number of aromatic nitrogens is 1. The Morgan fingerprint density at radius 1 is 0.868 bits per heavy atom. The molecule has 0 saturated heterocycles. The largest absolute Gasteiger partial charge is 0.455 e. The summed E-state index contributed by atoms with van der Waals surface area (Å²) in [5.41, 5.74) is 3.90. The number of carbonyl (C=O) groups excluding carboxylic acids is 2. The predicted octanol–water partition coefficient (Wildman–Crippen LogP) is 6.33. The number of carbonyl (C=O) groups is 2. The normalized spacial score (nSPS) is 11.4. The number of pyridine rings is 1. The Balaban J connectivity index is 1.52. The molecule has 7 heteroatoms. The molecule has 2 aromatic heterocycles. The monoisotopic (exact) mass is 507 g/mol. The van der Waals surface area contributed by atoms with E-state index < -0.39 is 5.54 Å². The Hall–Kier alpha value is -4.78. The molecule has 0 spiro atoms. The van der Waals surface area contributed by atoms with Crippen molar-refractivity contribution in [2.45, 2.75) is 19.4 Å². The summed E-state index contributed by atoms with van der Waals surface area (Å²) < 4.78 is 19.5. The molecule has 0 radical (unpaired) electrons. The van der Waals surface area contributed by atoms with E-state index in [2.05, 4.69) is 15.6 Å². The summed E-state index contributed by atoms with van der Waals surface area (Å²) in [6.07, 6.45) is 3.43. The number of nitrogens with one attached hydrogen (secondary N) is 2. The second-order valence-electron chi connectivity index (χ2n) is 9.50. The SMILES string of the molecule is CNC(=O)c1c(-c2ccc(F)cc2)oc2ccc(-c3cccc(C(=O)NC(C)(C)c4cccnc4)c3)cc12. The van der Waals surface area contributed by atoms with Crippen molar-refractivity contribution in [1.29, 1.82) is 0 Å². The number of rotatable bonds is 6. The molecule has 0 bridgehead atoms. The number of furan rings is 1. The number of hydrogen-bond acceptors (Lipinski definition) is 4. The van der Waals surface area contributed by atoms with Gasteiger partial charge in [-0.3, -0.25) is 14.6 Å². The minimum atomic E-state index is -0.615. The molecule has 0 atom stereocenters. The average Bonchev–Trinajstić information content (AvgIpc) is 3.32. The molecule has 0 saturated carbocycles. The summed E-state index contributed by atoms with van der Waals surface area (Å²) in [6.45, 7) is 3.86. The van der Waals surface area contributed by atoms with Gasteiger partial charge in [-0.1, -0.05) is 24.3 Å². The second kappa shape index (κ2) is 9.94. The van der Waals surface area contributed by atoms with Gasteiger partial charge in [0.1, 0.15) is 17.2 Å². The van der Waals surface area contributed by atoms with Crippen LogP contribution in [-0.2, 0) is 5.54 Å². The minimum absolute atomic E-state index is 0.213. The van der Waals surface area contributed by atoms with Crippen molar-refractivity contribution in [3.05, 3.63) is 114 Å². The molecule has 2 amide bonds. The highest BCUT2D eigenvalue weighted by molar-refractivity contribution is 6.11. The van der Waals surface area contributed by atoms with Crippen molar-refractivity contribution >= 4 is 22.8 Å². The van der Waals surface area contributed by atoms with Crippen molar-refractivity contribution in [3.8, 4) is 22.5 Å². The quantitative estimate of drug-likeness (QED) is 0.281. The van der Waals surface area contributed by atoms with Crippen molar-refractivity contribution in [1.82, 2.24) is 15.6 Å². The molecule has 0 unspecified atom stereocenters. The molecule has 190 valence electrons. The van der Waals surface area contributed by atoms with Gasteiger partial charge in [0, 0.05) is 36.0 Å². The van der Waals surface area contributed by atoms with Crippen molar-refractivity contribution < 1.29 is 18.4 Å². The van der Waals surface area contributed by atoms with Gasteiger partial charge in [0.2, 0.25) is 0 Å². The molecule has 5 rings (SSSR count). The van der Waals surface area contributed by atoms with E-state index in [4.69, 9.17) is 4.42 Å². The first kappa shape index (κ1) is 24.9. The number of fused-ring (bicyclic) bond motifs is 1. The third kappa shape index (κ3) is 4.78. The highest BCUT2D eigenvalue weighted by atomic mass is 19.1. The van der Waals surface area contributed by atoms with Gasteiger partial charge in [-0.15, -0.1) is 0 Å². The van der Waals surface area contributed by atoms with Crippen LogP contribution in [-0.4, -0.2) is 23.8 Å². The maximum atomic E-state index is 13.5. The van der Waals surface area contributed by atoms with Gasteiger partial charge < -0.3 is 15.1 Å². The van der Waals surface area contributed by atoms with Gasteiger partial charge in [0.05, 0.1) is 11.1 Å². The van der Waals surface area contributed by atoms with Crippen LogP contribution in [0.3, 0.4) is 0 Å². The molecule has 0 aliphatic carbocycles. The highest BCUT2D eigenvalue weighted by Gasteiger charge is 2.25. The van der Waals surface area contributed by atoms with Crippen LogP contribution in [0.15, 0.2) is 95.7 Å². The van der Waals surface area contributed by atoms with E-state index in [1.807, 2.05) is 56.3 Å². The molecule has 2 heterocycles. The topological polar surface area (TPSA) is 84.2 Å². The Kier molecular flexibility index (Phi) is 6.51. The molecule has 6 nitrogen and oxygen atoms in total. The van der Waals surface area contributed by atoms with Crippen LogP contribution in [0.1, 0.15) is 40.1 Å². The van der Waals surface area contributed by atoms with Gasteiger partial charge in [-0.05, 0) is 85.1 Å². The lowest BCUT2D eigenvalue weighted by Gasteiger charge is -2.26. The molecule has 0 fully saturated rings. The van der Waals surface area contributed by atoms with E-state index in [-0.39, 0.29) is 17.6 Å². The number of halogens is 1. The van der Waals surface area contributed by atoms with Crippen LogP contribution in [0.4, 0.5) is 4.39 Å². The first-order valence-corrected chi connectivity index (χ1v) is 12.1. The third-order valence-corrected chi connectivity index (χ3v) is 6.52. The van der Waals surface area contributed by atoms with E-state index in [0.717, 1.165) is 16.7 Å². The smallest absolute Gasteiger partial charge is 0.255 e. The molecule has 5 aromatic rings. The minimum Gasteiger partial charge on any atom is -0.455 e. The van der Waals surface area contributed by atoms with Gasteiger partial charge >= 0.3 is 0 Å². The van der Waals surface area contributed by atoms with E-state index in [1.54, 1.807) is 43.7 Å². The average molecular weight is 508 g/mol. The van der Waals surface area contributed by atoms with Crippen LogP contribution in [0.5, 0.6) is 0 Å². The van der Waals surface area contributed by atoms with Crippen LogP contribution < -0.4 is 10.6 Å². The molecule has 0 aliphatic heterocycles. The lowest BCUT2D eigenvalue weighted by atomic mass is 9.95. The van der Waals surface area contributed by atoms with Crippen LogP contribution in [0.2, 0.25) is 0 Å². The Labute approximate surface area is 219 Å². The summed E-state index contributed by atoms with van der Waals surface area (Å²) in [5.74, 6) is -0.538. The third-order valence-electron chi connectivity index (χ3n) is 6.52. The van der Waals surface area contributed by atoms with Gasteiger partial charge in [-0.2, -0.15) is 0 Å². The summed E-state index contributed by atoms with van der Waals surface area (Å²) >= 11 is 0.